The fraction of sp³-hybridized carbons (Fsp3) is 0.500. The van der Waals surface area contributed by atoms with Crippen molar-refractivity contribution < 1.29 is 9.59 Å². The van der Waals surface area contributed by atoms with Gasteiger partial charge in [0, 0.05) is 31.1 Å². The second-order valence-corrected chi connectivity index (χ2v) is 4.80. The first-order chi connectivity index (χ1) is 7.66. The highest BCUT2D eigenvalue weighted by Crippen LogP contribution is 2.10. The van der Waals surface area contributed by atoms with Crippen LogP contribution in [0.4, 0.5) is 4.79 Å². The molecular weight excluding hydrogens is 226 g/mol. The van der Waals surface area contributed by atoms with Crippen molar-refractivity contribution in [2.75, 3.05) is 13.1 Å². The lowest BCUT2D eigenvalue weighted by atomic mass is 10.1. The Morgan fingerprint density at radius 3 is 3.12 bits per heavy atom. The summed E-state index contributed by atoms with van der Waals surface area (Å²) in [6, 6.07) is -0.292. The normalized spacial score (nSPS) is 21.1. The monoisotopic (exact) mass is 239 g/mol. The molecule has 6 heteroatoms. The van der Waals surface area contributed by atoms with Gasteiger partial charge in [-0.05, 0) is 0 Å². The summed E-state index contributed by atoms with van der Waals surface area (Å²) in [7, 11) is 0. The van der Waals surface area contributed by atoms with Gasteiger partial charge in [0.25, 0.3) is 0 Å². The largest absolute Gasteiger partial charge is 0.324 e. The number of thiazole rings is 1. The number of nitrogens with one attached hydrogen (secondary N) is 1. The van der Waals surface area contributed by atoms with E-state index in [1.165, 1.54) is 0 Å². The first-order valence-corrected chi connectivity index (χ1v) is 6.03. The molecule has 1 saturated heterocycles. The van der Waals surface area contributed by atoms with E-state index >= 15 is 0 Å². The molecule has 1 aliphatic rings. The van der Waals surface area contributed by atoms with Crippen molar-refractivity contribution in [3.05, 3.63) is 16.6 Å². The Morgan fingerprint density at radius 1 is 1.62 bits per heavy atom. The molecule has 1 unspecified atom stereocenters. The van der Waals surface area contributed by atoms with Crippen LogP contribution in [0, 0.1) is 5.92 Å². The highest BCUT2D eigenvalue weighted by molar-refractivity contribution is 7.09. The Hall–Kier alpha value is -1.43. The molecule has 1 N–H and O–H groups in total. The first-order valence-electron chi connectivity index (χ1n) is 5.15. The van der Waals surface area contributed by atoms with Gasteiger partial charge in [0.1, 0.15) is 0 Å². The van der Waals surface area contributed by atoms with Crippen molar-refractivity contribution in [1.29, 1.82) is 0 Å². The van der Waals surface area contributed by atoms with Gasteiger partial charge in [-0.3, -0.25) is 10.1 Å². The van der Waals surface area contributed by atoms with Gasteiger partial charge in [0.2, 0.25) is 5.91 Å². The average molecular weight is 239 g/mol. The SMILES string of the molecule is CC1CN(CCc2nccs2)C(=O)NC1=O. The third kappa shape index (κ3) is 2.38. The molecule has 0 bridgehead atoms. The third-order valence-electron chi connectivity index (χ3n) is 2.54. The van der Waals surface area contributed by atoms with Crippen molar-refractivity contribution >= 4 is 23.3 Å². The minimum absolute atomic E-state index is 0.131. The predicted molar refractivity (Wildman–Crippen MR) is 60.1 cm³/mol. The van der Waals surface area contributed by atoms with Crippen LogP contribution in [0.2, 0.25) is 0 Å². The molecule has 1 atom stereocenters. The van der Waals surface area contributed by atoms with E-state index in [1.807, 2.05) is 12.3 Å². The van der Waals surface area contributed by atoms with Crippen molar-refractivity contribution in [2.24, 2.45) is 5.92 Å². The van der Waals surface area contributed by atoms with E-state index < -0.39 is 0 Å². The molecule has 16 heavy (non-hydrogen) atoms. The van der Waals surface area contributed by atoms with Gasteiger partial charge in [-0.2, -0.15) is 0 Å². The van der Waals surface area contributed by atoms with Crippen LogP contribution in [-0.4, -0.2) is 34.9 Å². The maximum atomic E-state index is 11.5. The smallest absolute Gasteiger partial charge is 0.323 e. The maximum Gasteiger partial charge on any atom is 0.324 e. The van der Waals surface area contributed by atoms with Crippen LogP contribution >= 0.6 is 11.3 Å². The van der Waals surface area contributed by atoms with Crippen LogP contribution in [-0.2, 0) is 11.2 Å². The van der Waals surface area contributed by atoms with E-state index in [4.69, 9.17) is 0 Å². The van der Waals surface area contributed by atoms with Crippen molar-refractivity contribution in [3.63, 3.8) is 0 Å². The molecule has 0 aromatic carbocycles. The van der Waals surface area contributed by atoms with E-state index in [0.717, 1.165) is 11.4 Å². The van der Waals surface area contributed by atoms with Gasteiger partial charge >= 0.3 is 6.03 Å². The Balaban J connectivity index is 1.90. The second-order valence-electron chi connectivity index (χ2n) is 3.82. The van der Waals surface area contributed by atoms with Crippen LogP contribution in [0.25, 0.3) is 0 Å². The van der Waals surface area contributed by atoms with E-state index in [1.54, 1.807) is 22.4 Å². The van der Waals surface area contributed by atoms with Crippen LogP contribution in [0.3, 0.4) is 0 Å². The molecular formula is C10H13N3O2S. The van der Waals surface area contributed by atoms with Gasteiger partial charge < -0.3 is 4.90 Å². The number of rotatable bonds is 3. The molecule has 2 heterocycles. The predicted octanol–water partition coefficient (Wildman–Crippen LogP) is 0.873. The van der Waals surface area contributed by atoms with Gasteiger partial charge in [-0.15, -0.1) is 11.3 Å². The van der Waals surface area contributed by atoms with Crippen molar-refractivity contribution in [2.45, 2.75) is 13.3 Å². The zero-order valence-electron chi connectivity index (χ0n) is 8.97. The molecule has 86 valence electrons. The molecule has 1 aliphatic heterocycles. The van der Waals surface area contributed by atoms with Crippen LogP contribution < -0.4 is 5.32 Å². The number of imide groups is 1. The number of aromatic nitrogens is 1. The summed E-state index contributed by atoms with van der Waals surface area (Å²) in [6.45, 7) is 2.92. The van der Waals surface area contributed by atoms with Crippen LogP contribution in [0.5, 0.6) is 0 Å². The van der Waals surface area contributed by atoms with E-state index in [-0.39, 0.29) is 17.9 Å². The number of hydrogen-bond acceptors (Lipinski definition) is 4. The Morgan fingerprint density at radius 2 is 2.44 bits per heavy atom. The molecule has 2 rings (SSSR count). The average Bonchev–Trinajstić information content (AvgIpc) is 2.74. The number of amides is 3. The zero-order chi connectivity index (χ0) is 11.5. The lowest BCUT2D eigenvalue weighted by Crippen LogP contribution is -2.54. The number of nitrogens with zero attached hydrogens (tertiary/aromatic N) is 2. The summed E-state index contributed by atoms with van der Waals surface area (Å²) in [4.78, 5) is 28.5. The van der Waals surface area contributed by atoms with Crippen LogP contribution in [0.1, 0.15) is 11.9 Å². The third-order valence-corrected chi connectivity index (χ3v) is 3.38. The summed E-state index contributed by atoms with van der Waals surface area (Å²) in [5.74, 6) is -0.315. The number of hydrogen-bond donors (Lipinski definition) is 1. The molecule has 5 nitrogen and oxygen atoms in total. The quantitative estimate of drug-likeness (QED) is 0.851. The summed E-state index contributed by atoms with van der Waals surface area (Å²) in [5, 5.41) is 5.27. The maximum absolute atomic E-state index is 11.5. The van der Waals surface area contributed by atoms with Gasteiger partial charge in [0.05, 0.1) is 10.9 Å². The standard InChI is InChI=1S/C10H13N3O2S/c1-7-6-13(10(15)12-9(7)14)4-2-8-11-3-5-16-8/h3,5,7H,2,4,6H2,1H3,(H,12,14,15). The van der Waals surface area contributed by atoms with E-state index in [2.05, 4.69) is 10.3 Å². The van der Waals surface area contributed by atoms with Gasteiger partial charge in [0.15, 0.2) is 0 Å². The lowest BCUT2D eigenvalue weighted by molar-refractivity contribution is -0.125. The number of urea groups is 1. The van der Waals surface area contributed by atoms with Gasteiger partial charge in [-0.25, -0.2) is 9.78 Å². The topological polar surface area (TPSA) is 62.3 Å². The molecule has 1 fully saturated rings. The summed E-state index contributed by atoms with van der Waals surface area (Å²) < 4.78 is 0. The van der Waals surface area contributed by atoms with E-state index in [9.17, 15) is 9.59 Å². The fourth-order valence-electron chi connectivity index (χ4n) is 1.60. The summed E-state index contributed by atoms with van der Waals surface area (Å²) >= 11 is 1.58. The Labute approximate surface area is 97.5 Å². The minimum Gasteiger partial charge on any atom is -0.323 e. The van der Waals surface area contributed by atoms with Gasteiger partial charge in [-0.1, -0.05) is 6.92 Å². The van der Waals surface area contributed by atoms with Crippen molar-refractivity contribution in [3.8, 4) is 0 Å². The number of carbonyl (C=O) groups is 2. The van der Waals surface area contributed by atoms with Crippen molar-refractivity contribution in [1.82, 2.24) is 15.2 Å². The Bertz CT molecular complexity index is 391. The highest BCUT2D eigenvalue weighted by Gasteiger charge is 2.28. The summed E-state index contributed by atoms with van der Waals surface area (Å²) in [5.41, 5.74) is 0. The lowest BCUT2D eigenvalue weighted by Gasteiger charge is -2.30. The number of carbonyl (C=O) groups excluding carboxylic acids is 2. The second kappa shape index (κ2) is 4.61. The molecule has 3 amide bonds. The minimum atomic E-state index is -0.292. The highest BCUT2D eigenvalue weighted by atomic mass is 32.1. The fourth-order valence-corrected chi connectivity index (χ4v) is 2.21. The first kappa shape index (κ1) is 11.1. The molecule has 1 aromatic rings. The van der Waals surface area contributed by atoms with Crippen LogP contribution in [0.15, 0.2) is 11.6 Å². The Kier molecular flexibility index (Phi) is 3.19. The molecule has 0 aliphatic carbocycles. The molecule has 1 aromatic heterocycles. The molecule has 0 spiro atoms. The molecule has 0 radical (unpaired) electrons. The molecule has 0 saturated carbocycles. The van der Waals surface area contributed by atoms with E-state index in [0.29, 0.717) is 13.1 Å². The zero-order valence-corrected chi connectivity index (χ0v) is 9.79. The summed E-state index contributed by atoms with van der Waals surface area (Å²) in [6.07, 6.45) is 2.49.